The van der Waals surface area contributed by atoms with E-state index in [9.17, 15) is 4.79 Å². The molecule has 158 valence electrons. The minimum absolute atomic E-state index is 0.0151. The molecule has 1 saturated heterocycles. The predicted molar refractivity (Wildman–Crippen MR) is 111 cm³/mol. The predicted octanol–water partition coefficient (Wildman–Crippen LogP) is 2.50. The van der Waals surface area contributed by atoms with Crippen molar-refractivity contribution in [2.45, 2.75) is 75.0 Å². The van der Waals surface area contributed by atoms with Crippen molar-refractivity contribution in [3.8, 4) is 0 Å². The lowest BCUT2D eigenvalue weighted by atomic mass is 9.50. The standard InChI is InChI=1S/C23H30N6O/c30-21(20-7-4-8-28(20)14-17-5-2-1-3-6-17)26-22-10-18-9-19(11-22)13-23(12-18,15-22)29-25-16-24-27-29/h1-3,5-6,16,18-20H,4,7-15H2,(H,26,30)/t18?,19?,20-,22?,23?/m0/s1. The van der Waals surface area contributed by atoms with E-state index in [1.807, 2.05) is 10.9 Å². The van der Waals surface area contributed by atoms with E-state index in [0.717, 1.165) is 58.0 Å². The monoisotopic (exact) mass is 406 g/mol. The van der Waals surface area contributed by atoms with Gasteiger partial charge in [0.1, 0.15) is 0 Å². The van der Waals surface area contributed by atoms with Gasteiger partial charge in [-0.25, -0.2) is 0 Å². The maximum atomic E-state index is 13.5. The molecule has 2 unspecified atom stereocenters. The van der Waals surface area contributed by atoms with E-state index >= 15 is 0 Å². The third kappa shape index (κ3) is 3.06. The van der Waals surface area contributed by atoms with Crippen molar-refractivity contribution in [1.29, 1.82) is 0 Å². The summed E-state index contributed by atoms with van der Waals surface area (Å²) < 4.78 is 0. The first-order valence-corrected chi connectivity index (χ1v) is 11.5. The third-order valence-corrected chi connectivity index (χ3v) is 8.09. The zero-order chi connectivity index (χ0) is 20.2. The van der Waals surface area contributed by atoms with Crippen LogP contribution < -0.4 is 5.32 Å². The first-order chi connectivity index (χ1) is 14.6. The molecule has 7 nitrogen and oxygen atoms in total. The zero-order valence-corrected chi connectivity index (χ0v) is 17.4. The summed E-state index contributed by atoms with van der Waals surface area (Å²) in [5.74, 6) is 1.54. The molecule has 0 radical (unpaired) electrons. The SMILES string of the molecule is O=C(NC12CC3CC(C1)CC(n1ncnn1)(C3)C2)[C@@H]1CCCN1Cc1ccccc1. The molecular formula is C23H30N6O. The lowest BCUT2D eigenvalue weighted by molar-refractivity contribution is -0.135. The van der Waals surface area contributed by atoms with Crippen molar-refractivity contribution < 1.29 is 4.79 Å². The number of likely N-dealkylation sites (tertiary alicyclic amines) is 1. The quantitative estimate of drug-likeness (QED) is 0.826. The molecule has 30 heavy (non-hydrogen) atoms. The number of benzene rings is 1. The molecule has 3 atom stereocenters. The largest absolute Gasteiger partial charge is 0.349 e. The van der Waals surface area contributed by atoms with E-state index in [4.69, 9.17) is 0 Å². The number of hydrogen-bond acceptors (Lipinski definition) is 5. The molecule has 5 aliphatic rings. The van der Waals surface area contributed by atoms with Crippen molar-refractivity contribution in [2.75, 3.05) is 6.54 Å². The maximum absolute atomic E-state index is 13.5. The molecule has 2 aromatic rings. The Morgan fingerprint density at radius 3 is 2.67 bits per heavy atom. The minimum Gasteiger partial charge on any atom is -0.349 e. The minimum atomic E-state index is -0.101. The van der Waals surface area contributed by atoms with Gasteiger partial charge in [0, 0.05) is 12.1 Å². The van der Waals surface area contributed by atoms with Crippen LogP contribution in [0, 0.1) is 11.8 Å². The van der Waals surface area contributed by atoms with Crippen LogP contribution in [0.3, 0.4) is 0 Å². The number of amides is 1. The maximum Gasteiger partial charge on any atom is 0.237 e. The van der Waals surface area contributed by atoms with Crippen molar-refractivity contribution in [3.63, 3.8) is 0 Å². The van der Waals surface area contributed by atoms with Crippen LogP contribution in [-0.4, -0.2) is 49.1 Å². The number of nitrogens with zero attached hydrogens (tertiary/aromatic N) is 5. The smallest absolute Gasteiger partial charge is 0.237 e. The Morgan fingerprint density at radius 1 is 1.13 bits per heavy atom. The summed E-state index contributed by atoms with van der Waals surface area (Å²) >= 11 is 0. The normalized spacial score (nSPS) is 37.5. The molecule has 0 spiro atoms. The number of tetrazole rings is 1. The van der Waals surface area contributed by atoms with Crippen LogP contribution in [0.5, 0.6) is 0 Å². The molecule has 4 saturated carbocycles. The summed E-state index contributed by atoms with van der Waals surface area (Å²) in [6, 6.07) is 10.5. The highest BCUT2D eigenvalue weighted by Crippen LogP contribution is 2.60. The van der Waals surface area contributed by atoms with Crippen LogP contribution in [0.4, 0.5) is 0 Å². The number of aromatic nitrogens is 4. The van der Waals surface area contributed by atoms with Crippen molar-refractivity contribution in [3.05, 3.63) is 42.2 Å². The number of carbonyl (C=O) groups is 1. The highest BCUT2D eigenvalue weighted by atomic mass is 16.2. The molecule has 1 aliphatic heterocycles. The van der Waals surface area contributed by atoms with E-state index in [1.165, 1.54) is 12.0 Å². The highest BCUT2D eigenvalue weighted by molar-refractivity contribution is 5.83. The Hall–Kier alpha value is -2.28. The summed E-state index contributed by atoms with van der Waals surface area (Å²) in [7, 11) is 0. The molecule has 1 aromatic heterocycles. The van der Waals surface area contributed by atoms with Crippen molar-refractivity contribution >= 4 is 5.91 Å². The molecule has 4 bridgehead atoms. The molecular weight excluding hydrogens is 376 g/mol. The fraction of sp³-hybridized carbons (Fsp3) is 0.652. The molecule has 1 aromatic carbocycles. The fourth-order valence-electron chi connectivity index (χ4n) is 7.45. The molecule has 2 heterocycles. The average Bonchev–Trinajstić information content (AvgIpc) is 3.40. The molecule has 7 rings (SSSR count). The molecule has 4 aliphatic carbocycles. The Bertz CT molecular complexity index is 899. The van der Waals surface area contributed by atoms with Gasteiger partial charge in [0.2, 0.25) is 5.91 Å². The zero-order valence-electron chi connectivity index (χ0n) is 17.4. The van der Waals surface area contributed by atoms with Gasteiger partial charge in [0.05, 0.1) is 11.6 Å². The molecule has 1 amide bonds. The first kappa shape index (κ1) is 18.5. The van der Waals surface area contributed by atoms with Gasteiger partial charge >= 0.3 is 0 Å². The Kier molecular flexibility index (Phi) is 4.23. The first-order valence-electron chi connectivity index (χ1n) is 11.5. The lowest BCUT2D eigenvalue weighted by Gasteiger charge is -2.61. The van der Waals surface area contributed by atoms with E-state index in [1.54, 1.807) is 6.33 Å². The van der Waals surface area contributed by atoms with Gasteiger partial charge in [0.15, 0.2) is 6.33 Å². The van der Waals surface area contributed by atoms with Crippen LogP contribution in [-0.2, 0) is 16.9 Å². The molecule has 1 N–H and O–H groups in total. The Balaban J connectivity index is 1.21. The van der Waals surface area contributed by atoms with Crippen LogP contribution in [0.15, 0.2) is 36.7 Å². The van der Waals surface area contributed by atoms with Crippen molar-refractivity contribution in [2.24, 2.45) is 11.8 Å². The fourth-order valence-corrected chi connectivity index (χ4v) is 7.45. The van der Waals surface area contributed by atoms with Gasteiger partial charge in [-0.2, -0.15) is 4.80 Å². The van der Waals surface area contributed by atoms with Gasteiger partial charge < -0.3 is 5.32 Å². The number of carbonyl (C=O) groups excluding carboxylic acids is 1. The van der Waals surface area contributed by atoms with Crippen LogP contribution in [0.25, 0.3) is 0 Å². The second-order valence-corrected chi connectivity index (χ2v) is 10.3. The van der Waals surface area contributed by atoms with Gasteiger partial charge in [-0.05, 0) is 80.5 Å². The number of hydrogen-bond donors (Lipinski definition) is 1. The van der Waals surface area contributed by atoms with Crippen LogP contribution in [0.2, 0.25) is 0 Å². The molecule has 7 heteroatoms. The average molecular weight is 407 g/mol. The van der Waals surface area contributed by atoms with Crippen LogP contribution >= 0.6 is 0 Å². The number of rotatable bonds is 5. The number of nitrogens with one attached hydrogen (secondary N) is 1. The Morgan fingerprint density at radius 2 is 1.93 bits per heavy atom. The second-order valence-electron chi connectivity index (χ2n) is 10.3. The van der Waals surface area contributed by atoms with Crippen LogP contribution in [0.1, 0.15) is 56.9 Å². The van der Waals surface area contributed by atoms with E-state index in [2.05, 4.69) is 49.9 Å². The summed E-state index contributed by atoms with van der Waals surface area (Å²) in [4.78, 5) is 17.7. The summed E-state index contributed by atoms with van der Waals surface area (Å²) in [6.45, 7) is 1.85. The van der Waals surface area contributed by atoms with Crippen molar-refractivity contribution in [1.82, 2.24) is 30.4 Å². The summed E-state index contributed by atoms with van der Waals surface area (Å²) in [5, 5.41) is 16.3. The molecule has 5 fully saturated rings. The van der Waals surface area contributed by atoms with E-state index < -0.39 is 0 Å². The Labute approximate surface area is 177 Å². The lowest BCUT2D eigenvalue weighted by Crippen LogP contribution is -2.67. The summed E-state index contributed by atoms with van der Waals surface area (Å²) in [6.07, 6.45) is 10.3. The third-order valence-electron chi connectivity index (χ3n) is 8.09. The van der Waals surface area contributed by atoms with Gasteiger partial charge in [-0.15, -0.1) is 10.2 Å². The summed E-state index contributed by atoms with van der Waals surface area (Å²) in [5.41, 5.74) is 1.12. The van der Waals surface area contributed by atoms with Gasteiger partial charge in [-0.3, -0.25) is 9.69 Å². The topological polar surface area (TPSA) is 75.9 Å². The van der Waals surface area contributed by atoms with E-state index in [-0.39, 0.29) is 23.0 Å². The van der Waals surface area contributed by atoms with E-state index in [0.29, 0.717) is 11.8 Å². The highest BCUT2D eigenvalue weighted by Gasteiger charge is 2.60. The van der Waals surface area contributed by atoms with Gasteiger partial charge in [-0.1, -0.05) is 30.3 Å². The second kappa shape index (κ2) is 6.87. The van der Waals surface area contributed by atoms with Gasteiger partial charge in [0.25, 0.3) is 0 Å².